The number of hydrogen-bond donors (Lipinski definition) is 2. The van der Waals surface area contributed by atoms with E-state index in [9.17, 15) is 0 Å². The SMILES string of the molecule is CCCCc1nc(Cl)c(O)[nH]1. The number of unbranched alkanes of at least 4 members (excludes halogenated alkanes) is 1. The molecule has 0 spiro atoms. The van der Waals surface area contributed by atoms with Gasteiger partial charge in [-0.2, -0.15) is 0 Å². The molecule has 1 rings (SSSR count). The molecule has 3 nitrogen and oxygen atoms in total. The molecule has 0 amide bonds. The van der Waals surface area contributed by atoms with Crippen LogP contribution in [0.25, 0.3) is 0 Å². The fraction of sp³-hybridized carbons (Fsp3) is 0.571. The van der Waals surface area contributed by atoms with Crippen LogP contribution in [-0.2, 0) is 6.42 Å². The Morgan fingerprint density at radius 2 is 2.36 bits per heavy atom. The number of nitrogens with zero attached hydrogens (tertiary/aromatic N) is 1. The van der Waals surface area contributed by atoms with Gasteiger partial charge in [0, 0.05) is 6.42 Å². The van der Waals surface area contributed by atoms with E-state index in [1.165, 1.54) is 0 Å². The summed E-state index contributed by atoms with van der Waals surface area (Å²) in [6.45, 7) is 2.10. The van der Waals surface area contributed by atoms with E-state index in [2.05, 4.69) is 16.9 Å². The first-order valence-corrected chi connectivity index (χ1v) is 4.05. The summed E-state index contributed by atoms with van der Waals surface area (Å²) in [6.07, 6.45) is 3.01. The molecule has 0 saturated heterocycles. The quantitative estimate of drug-likeness (QED) is 0.738. The number of aromatic hydroxyl groups is 1. The first kappa shape index (κ1) is 8.40. The number of nitrogens with one attached hydrogen (secondary N) is 1. The molecule has 0 aliphatic carbocycles. The molecule has 0 fully saturated rings. The molecule has 4 heteroatoms. The molecule has 0 saturated carbocycles. The number of H-pyrrole nitrogens is 1. The van der Waals surface area contributed by atoms with Crippen LogP contribution in [0, 0.1) is 0 Å². The zero-order valence-corrected chi connectivity index (χ0v) is 7.15. The maximum Gasteiger partial charge on any atom is 0.228 e. The third kappa shape index (κ3) is 2.12. The van der Waals surface area contributed by atoms with Crippen molar-refractivity contribution in [3.8, 4) is 5.88 Å². The second-order valence-electron chi connectivity index (χ2n) is 2.43. The number of aryl methyl sites for hydroxylation is 1. The molecular formula is C7H11ClN2O. The Morgan fingerprint density at radius 1 is 1.64 bits per heavy atom. The Labute approximate surface area is 70.4 Å². The number of aromatic amines is 1. The van der Waals surface area contributed by atoms with Gasteiger partial charge in [0.05, 0.1) is 0 Å². The van der Waals surface area contributed by atoms with Crippen LogP contribution in [0.1, 0.15) is 25.6 Å². The number of rotatable bonds is 3. The summed E-state index contributed by atoms with van der Waals surface area (Å²) in [5.41, 5.74) is 0. The molecule has 2 N–H and O–H groups in total. The van der Waals surface area contributed by atoms with Crippen molar-refractivity contribution in [2.45, 2.75) is 26.2 Å². The monoisotopic (exact) mass is 174 g/mol. The van der Waals surface area contributed by atoms with E-state index in [1.54, 1.807) is 0 Å². The van der Waals surface area contributed by atoms with Crippen LogP contribution in [0.2, 0.25) is 5.15 Å². The zero-order chi connectivity index (χ0) is 8.27. The minimum atomic E-state index is -0.0298. The lowest BCUT2D eigenvalue weighted by Gasteiger charge is -1.90. The van der Waals surface area contributed by atoms with Gasteiger partial charge < -0.3 is 10.1 Å². The Kier molecular flexibility index (Phi) is 2.76. The molecule has 1 aromatic rings. The predicted molar refractivity (Wildman–Crippen MR) is 43.9 cm³/mol. The van der Waals surface area contributed by atoms with Gasteiger partial charge in [0.15, 0.2) is 5.15 Å². The Balaban J connectivity index is 2.58. The summed E-state index contributed by atoms with van der Waals surface area (Å²) in [5.74, 6) is 0.729. The van der Waals surface area contributed by atoms with Crippen molar-refractivity contribution in [2.24, 2.45) is 0 Å². The Hall–Kier alpha value is -0.700. The smallest absolute Gasteiger partial charge is 0.228 e. The van der Waals surface area contributed by atoms with Gasteiger partial charge in [0.1, 0.15) is 5.82 Å². The zero-order valence-electron chi connectivity index (χ0n) is 6.39. The van der Waals surface area contributed by atoms with E-state index >= 15 is 0 Å². The van der Waals surface area contributed by atoms with Crippen LogP contribution in [0.5, 0.6) is 5.88 Å². The van der Waals surface area contributed by atoms with Gasteiger partial charge in [0.25, 0.3) is 0 Å². The van der Waals surface area contributed by atoms with Crippen LogP contribution in [0.3, 0.4) is 0 Å². The largest absolute Gasteiger partial charge is 0.492 e. The van der Waals surface area contributed by atoms with E-state index in [4.69, 9.17) is 16.7 Å². The van der Waals surface area contributed by atoms with Crippen molar-refractivity contribution >= 4 is 11.6 Å². The minimum absolute atomic E-state index is 0.0298. The molecule has 0 aromatic carbocycles. The molecular weight excluding hydrogens is 164 g/mol. The van der Waals surface area contributed by atoms with Crippen molar-refractivity contribution in [3.63, 3.8) is 0 Å². The van der Waals surface area contributed by atoms with Crippen molar-refractivity contribution in [1.29, 1.82) is 0 Å². The molecule has 1 heterocycles. The Bertz CT molecular complexity index is 215. The van der Waals surface area contributed by atoms with Crippen molar-refractivity contribution in [2.75, 3.05) is 0 Å². The van der Waals surface area contributed by atoms with Crippen LogP contribution < -0.4 is 0 Å². The van der Waals surface area contributed by atoms with Crippen LogP contribution >= 0.6 is 11.6 Å². The number of aromatic nitrogens is 2. The molecule has 0 unspecified atom stereocenters. The first-order valence-electron chi connectivity index (χ1n) is 3.67. The molecule has 62 valence electrons. The summed E-state index contributed by atoms with van der Waals surface area (Å²) in [4.78, 5) is 6.60. The average molecular weight is 175 g/mol. The molecule has 0 bridgehead atoms. The Morgan fingerprint density at radius 3 is 2.82 bits per heavy atom. The highest BCUT2D eigenvalue weighted by molar-refractivity contribution is 6.30. The lowest BCUT2D eigenvalue weighted by Crippen LogP contribution is -1.86. The van der Waals surface area contributed by atoms with E-state index in [0.717, 1.165) is 25.1 Å². The molecule has 0 atom stereocenters. The lowest BCUT2D eigenvalue weighted by molar-refractivity contribution is 0.455. The van der Waals surface area contributed by atoms with Gasteiger partial charge in [-0.05, 0) is 6.42 Å². The predicted octanol–water partition coefficient (Wildman–Crippen LogP) is 2.11. The average Bonchev–Trinajstić information content (AvgIpc) is 2.28. The third-order valence-electron chi connectivity index (χ3n) is 1.46. The molecule has 0 aliphatic rings. The summed E-state index contributed by atoms with van der Waals surface area (Å²) >= 11 is 5.52. The molecule has 11 heavy (non-hydrogen) atoms. The van der Waals surface area contributed by atoms with Crippen molar-refractivity contribution in [3.05, 3.63) is 11.0 Å². The number of halogens is 1. The topological polar surface area (TPSA) is 48.9 Å². The first-order chi connectivity index (χ1) is 5.24. The van der Waals surface area contributed by atoms with E-state index in [0.29, 0.717) is 0 Å². The highest BCUT2D eigenvalue weighted by Crippen LogP contribution is 2.19. The number of hydrogen-bond acceptors (Lipinski definition) is 2. The van der Waals surface area contributed by atoms with Crippen LogP contribution in [0.4, 0.5) is 0 Å². The molecule has 0 radical (unpaired) electrons. The van der Waals surface area contributed by atoms with Gasteiger partial charge in [-0.3, -0.25) is 0 Å². The minimum Gasteiger partial charge on any atom is -0.492 e. The molecule has 1 aromatic heterocycles. The maximum absolute atomic E-state index is 8.99. The van der Waals surface area contributed by atoms with Crippen LogP contribution in [-0.4, -0.2) is 15.1 Å². The maximum atomic E-state index is 8.99. The van der Waals surface area contributed by atoms with Gasteiger partial charge >= 0.3 is 0 Å². The fourth-order valence-corrected chi connectivity index (χ4v) is 1.000. The fourth-order valence-electron chi connectivity index (χ4n) is 0.850. The molecule has 0 aliphatic heterocycles. The summed E-state index contributed by atoms with van der Waals surface area (Å²) < 4.78 is 0. The van der Waals surface area contributed by atoms with E-state index in [-0.39, 0.29) is 11.0 Å². The van der Waals surface area contributed by atoms with Crippen molar-refractivity contribution in [1.82, 2.24) is 9.97 Å². The van der Waals surface area contributed by atoms with Crippen molar-refractivity contribution < 1.29 is 5.11 Å². The van der Waals surface area contributed by atoms with Gasteiger partial charge in [-0.25, -0.2) is 4.98 Å². The van der Waals surface area contributed by atoms with Gasteiger partial charge in [-0.15, -0.1) is 0 Å². The van der Waals surface area contributed by atoms with Gasteiger partial charge in [0.2, 0.25) is 5.88 Å². The van der Waals surface area contributed by atoms with E-state index in [1.807, 2.05) is 0 Å². The van der Waals surface area contributed by atoms with E-state index < -0.39 is 0 Å². The standard InChI is InChI=1S/C7H11ClN2O/c1-2-3-4-5-9-6(8)7(11)10-5/h11H,2-4H2,1H3,(H,9,10). The summed E-state index contributed by atoms with van der Waals surface area (Å²) in [6, 6.07) is 0. The number of imidazole rings is 1. The highest BCUT2D eigenvalue weighted by Gasteiger charge is 2.04. The highest BCUT2D eigenvalue weighted by atomic mass is 35.5. The normalized spacial score (nSPS) is 10.4. The second kappa shape index (κ2) is 3.62. The third-order valence-corrected chi connectivity index (χ3v) is 1.72. The summed E-state index contributed by atoms with van der Waals surface area (Å²) in [5, 5.41) is 9.15. The second-order valence-corrected chi connectivity index (χ2v) is 2.78. The van der Waals surface area contributed by atoms with Crippen LogP contribution in [0.15, 0.2) is 0 Å². The van der Waals surface area contributed by atoms with Gasteiger partial charge in [-0.1, -0.05) is 24.9 Å². The summed E-state index contributed by atoms with van der Waals surface area (Å²) in [7, 11) is 0. The lowest BCUT2D eigenvalue weighted by atomic mass is 10.2.